The third-order valence-corrected chi connectivity index (χ3v) is 5.71. The maximum atomic E-state index is 12.4. The first-order valence-electron chi connectivity index (χ1n) is 9.00. The quantitative estimate of drug-likeness (QED) is 0.576. The molecule has 0 saturated carbocycles. The number of sulfone groups is 1. The zero-order valence-electron chi connectivity index (χ0n) is 16.2. The van der Waals surface area contributed by atoms with Crippen LogP contribution in [0.25, 0.3) is 6.08 Å². The maximum absolute atomic E-state index is 12.4. The van der Waals surface area contributed by atoms with Crippen LogP contribution in [0.3, 0.4) is 0 Å². The van der Waals surface area contributed by atoms with Crippen molar-refractivity contribution < 1.29 is 27.8 Å². The van der Waals surface area contributed by atoms with Crippen molar-refractivity contribution in [2.24, 2.45) is 0 Å². The number of carboxylic acids is 1. The Hall–Kier alpha value is -3.58. The van der Waals surface area contributed by atoms with E-state index in [0.717, 1.165) is 11.0 Å². The molecule has 0 aliphatic heterocycles. The van der Waals surface area contributed by atoms with Crippen LogP contribution < -0.4 is 9.47 Å². The molecule has 0 amide bonds. The van der Waals surface area contributed by atoms with Crippen molar-refractivity contribution in [3.8, 4) is 11.5 Å². The van der Waals surface area contributed by atoms with Crippen LogP contribution in [0.5, 0.6) is 11.5 Å². The second-order valence-corrected chi connectivity index (χ2v) is 8.22. The van der Waals surface area contributed by atoms with Gasteiger partial charge in [0.15, 0.2) is 9.84 Å². The number of rotatable bonds is 8. The fourth-order valence-electron chi connectivity index (χ4n) is 2.65. The zero-order chi connectivity index (χ0) is 21.6. The number of methoxy groups -OCH3 is 1. The molecule has 1 N–H and O–H groups in total. The number of aromatic carboxylic acids is 1. The van der Waals surface area contributed by atoms with Gasteiger partial charge in [0.25, 0.3) is 0 Å². The molecule has 3 aromatic rings. The Morgan fingerprint density at radius 3 is 2.27 bits per heavy atom. The molecule has 0 bridgehead atoms. The minimum absolute atomic E-state index is 0.183. The van der Waals surface area contributed by atoms with E-state index in [4.69, 9.17) is 14.6 Å². The standard InChI is InChI=1S/C23H20O6S/c1-28-20-9-11-22(12-10-20)30(26,27)14-13-17-5-7-21(8-6-17)29-16-18-3-2-4-19(15-18)23(24)25/h2-15H,16H2,1H3,(H,24,25)/b14-13+. The highest BCUT2D eigenvalue weighted by Gasteiger charge is 2.10. The van der Waals surface area contributed by atoms with Gasteiger partial charge in [0.2, 0.25) is 0 Å². The predicted octanol–water partition coefficient (Wildman–Crippen LogP) is 4.42. The third kappa shape index (κ3) is 5.48. The monoisotopic (exact) mass is 424 g/mol. The van der Waals surface area contributed by atoms with Crippen molar-refractivity contribution in [3.05, 3.63) is 94.9 Å². The van der Waals surface area contributed by atoms with E-state index in [1.165, 1.54) is 31.4 Å². The molecule has 0 heterocycles. The van der Waals surface area contributed by atoms with Crippen LogP contribution >= 0.6 is 0 Å². The Balaban J connectivity index is 1.63. The van der Waals surface area contributed by atoms with Crippen molar-refractivity contribution in [1.29, 1.82) is 0 Å². The molecule has 0 radical (unpaired) electrons. The number of benzene rings is 3. The van der Waals surface area contributed by atoms with Gasteiger partial charge in [-0.1, -0.05) is 24.3 Å². The lowest BCUT2D eigenvalue weighted by molar-refractivity contribution is 0.0696. The second kappa shape index (κ2) is 9.28. The lowest BCUT2D eigenvalue weighted by Crippen LogP contribution is -2.00. The number of carboxylic acid groups (broad SMARTS) is 1. The molecule has 0 aliphatic rings. The molecule has 6 nitrogen and oxygen atoms in total. The van der Waals surface area contributed by atoms with Gasteiger partial charge in [-0.2, -0.15) is 0 Å². The Bertz CT molecular complexity index is 1150. The molecule has 154 valence electrons. The smallest absolute Gasteiger partial charge is 0.335 e. The minimum atomic E-state index is -3.57. The SMILES string of the molecule is COc1ccc(S(=O)(=O)/C=C/c2ccc(OCc3cccc(C(=O)O)c3)cc2)cc1. The van der Waals surface area contributed by atoms with Gasteiger partial charge in [-0.15, -0.1) is 0 Å². The molecule has 0 saturated heterocycles. The molecule has 3 aromatic carbocycles. The average Bonchev–Trinajstić information content (AvgIpc) is 2.77. The van der Waals surface area contributed by atoms with Gasteiger partial charge in [0.05, 0.1) is 17.6 Å². The number of hydrogen-bond donors (Lipinski definition) is 1. The van der Waals surface area contributed by atoms with Crippen molar-refractivity contribution >= 4 is 21.9 Å². The first-order valence-corrected chi connectivity index (χ1v) is 10.5. The highest BCUT2D eigenvalue weighted by Crippen LogP contribution is 2.20. The molecular formula is C23H20O6S. The summed E-state index contributed by atoms with van der Waals surface area (Å²) in [4.78, 5) is 11.2. The minimum Gasteiger partial charge on any atom is -0.497 e. The van der Waals surface area contributed by atoms with Crippen molar-refractivity contribution in [3.63, 3.8) is 0 Å². The fraction of sp³-hybridized carbons (Fsp3) is 0.0870. The third-order valence-electron chi connectivity index (χ3n) is 4.29. The van der Waals surface area contributed by atoms with E-state index in [2.05, 4.69) is 0 Å². The molecule has 0 spiro atoms. The lowest BCUT2D eigenvalue weighted by Gasteiger charge is -2.07. The van der Waals surface area contributed by atoms with Crippen LogP contribution in [-0.2, 0) is 16.4 Å². The van der Waals surface area contributed by atoms with E-state index in [-0.39, 0.29) is 17.1 Å². The summed E-state index contributed by atoms with van der Waals surface area (Å²) in [7, 11) is -2.05. The van der Waals surface area contributed by atoms with Gasteiger partial charge >= 0.3 is 5.97 Å². The first-order chi connectivity index (χ1) is 14.4. The van der Waals surface area contributed by atoms with Crippen LogP contribution in [0.4, 0.5) is 0 Å². The summed E-state index contributed by atoms with van der Waals surface area (Å²) in [5, 5.41) is 10.2. The van der Waals surface area contributed by atoms with Crippen molar-refractivity contribution in [1.82, 2.24) is 0 Å². The second-order valence-electron chi connectivity index (χ2n) is 6.39. The van der Waals surface area contributed by atoms with Gasteiger partial charge < -0.3 is 14.6 Å². The van der Waals surface area contributed by atoms with E-state index >= 15 is 0 Å². The Labute approximate surface area is 174 Å². The van der Waals surface area contributed by atoms with Gasteiger partial charge in [0.1, 0.15) is 18.1 Å². The largest absolute Gasteiger partial charge is 0.497 e. The summed E-state index contributed by atoms with van der Waals surface area (Å²) in [6, 6.07) is 19.6. The molecule has 0 atom stereocenters. The molecule has 30 heavy (non-hydrogen) atoms. The zero-order valence-corrected chi connectivity index (χ0v) is 17.0. The van der Waals surface area contributed by atoms with Crippen LogP contribution in [-0.4, -0.2) is 26.6 Å². The van der Waals surface area contributed by atoms with Crippen molar-refractivity contribution in [2.45, 2.75) is 11.5 Å². The van der Waals surface area contributed by atoms with Crippen LogP contribution in [0.1, 0.15) is 21.5 Å². The summed E-state index contributed by atoms with van der Waals surface area (Å²) >= 11 is 0. The molecule has 0 unspecified atom stereocenters. The number of ether oxygens (including phenoxy) is 2. The summed E-state index contributed by atoms with van der Waals surface area (Å²) in [5.74, 6) is 0.187. The van der Waals surface area contributed by atoms with Crippen LogP contribution in [0.2, 0.25) is 0 Å². The Kier molecular flexibility index (Phi) is 6.54. The van der Waals surface area contributed by atoms with E-state index in [0.29, 0.717) is 17.1 Å². The maximum Gasteiger partial charge on any atom is 0.335 e. The van der Waals surface area contributed by atoms with Gasteiger partial charge in [-0.05, 0) is 65.7 Å². The molecule has 0 fully saturated rings. The number of hydrogen-bond acceptors (Lipinski definition) is 5. The molecule has 0 aromatic heterocycles. The summed E-state index contributed by atoms with van der Waals surface area (Å²) in [6.07, 6.45) is 1.51. The van der Waals surface area contributed by atoms with E-state index in [9.17, 15) is 13.2 Å². The van der Waals surface area contributed by atoms with E-state index in [1.54, 1.807) is 54.6 Å². The van der Waals surface area contributed by atoms with Gasteiger partial charge in [0, 0.05) is 5.41 Å². The fourth-order valence-corrected chi connectivity index (χ4v) is 3.66. The Morgan fingerprint density at radius 1 is 0.967 bits per heavy atom. The molecule has 3 rings (SSSR count). The van der Waals surface area contributed by atoms with Crippen LogP contribution in [0, 0.1) is 0 Å². The first kappa shape index (κ1) is 21.1. The topological polar surface area (TPSA) is 89.9 Å². The molecular weight excluding hydrogens is 404 g/mol. The normalized spacial score (nSPS) is 11.4. The number of carbonyl (C=O) groups is 1. The van der Waals surface area contributed by atoms with Crippen molar-refractivity contribution in [2.75, 3.05) is 7.11 Å². The highest BCUT2D eigenvalue weighted by atomic mass is 32.2. The van der Waals surface area contributed by atoms with Crippen LogP contribution in [0.15, 0.2) is 83.1 Å². The summed E-state index contributed by atoms with van der Waals surface area (Å²) < 4.78 is 35.5. The highest BCUT2D eigenvalue weighted by molar-refractivity contribution is 7.94. The summed E-state index contributed by atoms with van der Waals surface area (Å²) in [5.41, 5.74) is 1.64. The average molecular weight is 424 g/mol. The van der Waals surface area contributed by atoms with E-state index < -0.39 is 15.8 Å². The van der Waals surface area contributed by atoms with E-state index in [1.807, 2.05) is 0 Å². The molecule has 0 aliphatic carbocycles. The summed E-state index contributed by atoms with van der Waals surface area (Å²) in [6.45, 7) is 0.224. The predicted molar refractivity (Wildman–Crippen MR) is 113 cm³/mol. The van der Waals surface area contributed by atoms with Gasteiger partial charge in [-0.3, -0.25) is 0 Å². The van der Waals surface area contributed by atoms with Gasteiger partial charge in [-0.25, -0.2) is 13.2 Å². The molecule has 7 heteroatoms. The Morgan fingerprint density at radius 2 is 1.63 bits per heavy atom. The lowest BCUT2D eigenvalue weighted by atomic mass is 10.1.